The molecule has 7 nitrogen and oxygen atoms in total. The van der Waals surface area contributed by atoms with Gasteiger partial charge >= 0.3 is 11.9 Å². The Hall–Kier alpha value is -3.26. The Bertz CT molecular complexity index is 858. The Morgan fingerprint density at radius 2 is 1.66 bits per heavy atom. The summed E-state index contributed by atoms with van der Waals surface area (Å²) in [5, 5.41) is 14.8. The molecule has 154 valence electrons. The Morgan fingerprint density at radius 1 is 1.03 bits per heavy atom. The van der Waals surface area contributed by atoms with E-state index in [-0.39, 0.29) is 11.7 Å². The van der Waals surface area contributed by atoms with Gasteiger partial charge in [-0.2, -0.15) is 0 Å². The number of nitrogens with zero attached hydrogens (tertiary/aromatic N) is 1. The van der Waals surface area contributed by atoms with Crippen LogP contribution in [0.15, 0.2) is 48.5 Å². The summed E-state index contributed by atoms with van der Waals surface area (Å²) < 4.78 is 13.0. The molecule has 4 N–H and O–H groups in total. The molecular weight excluding hydrogens is 379 g/mol. The number of likely N-dealkylation sites (tertiary alicyclic amines) is 1. The number of nitrogens with two attached hydrogens (primary N) is 1. The molecular formula is C21H23FN2O5. The van der Waals surface area contributed by atoms with Gasteiger partial charge in [-0.25, -0.2) is 14.0 Å². The molecule has 3 rings (SSSR count). The maximum absolute atomic E-state index is 13.0. The third-order valence-electron chi connectivity index (χ3n) is 4.65. The van der Waals surface area contributed by atoms with Crippen molar-refractivity contribution in [1.29, 1.82) is 0 Å². The highest BCUT2D eigenvalue weighted by molar-refractivity contribution is 6.27. The van der Waals surface area contributed by atoms with Crippen molar-refractivity contribution in [1.82, 2.24) is 4.90 Å². The van der Waals surface area contributed by atoms with Crippen LogP contribution in [0.2, 0.25) is 0 Å². The van der Waals surface area contributed by atoms with E-state index >= 15 is 0 Å². The Kier molecular flexibility index (Phi) is 7.85. The highest BCUT2D eigenvalue weighted by Crippen LogP contribution is 2.27. The molecule has 1 aliphatic heterocycles. The fourth-order valence-corrected chi connectivity index (χ4v) is 3.15. The zero-order chi connectivity index (χ0) is 21.4. The minimum Gasteiger partial charge on any atom is -0.473 e. The van der Waals surface area contributed by atoms with Crippen LogP contribution < -0.4 is 5.73 Å². The Labute approximate surface area is 167 Å². The first-order valence-corrected chi connectivity index (χ1v) is 9.07. The molecule has 0 spiro atoms. The number of aliphatic carboxylic acids is 2. The molecule has 0 bridgehead atoms. The second kappa shape index (κ2) is 10.3. The minimum atomic E-state index is -1.82. The molecule has 0 saturated carbocycles. The van der Waals surface area contributed by atoms with Crippen LogP contribution in [0.4, 0.5) is 4.39 Å². The zero-order valence-corrected chi connectivity index (χ0v) is 15.8. The van der Waals surface area contributed by atoms with Crippen molar-refractivity contribution in [2.24, 2.45) is 5.73 Å². The molecule has 2 aromatic rings. The van der Waals surface area contributed by atoms with Crippen LogP contribution in [0.1, 0.15) is 29.0 Å². The number of hydrogen-bond acceptors (Lipinski definition) is 4. The third-order valence-corrected chi connectivity index (χ3v) is 4.65. The van der Waals surface area contributed by atoms with Crippen molar-refractivity contribution < 1.29 is 29.0 Å². The number of rotatable bonds is 4. The van der Waals surface area contributed by atoms with E-state index in [1.807, 2.05) is 41.3 Å². The summed E-state index contributed by atoms with van der Waals surface area (Å²) >= 11 is 0. The molecule has 1 saturated heterocycles. The number of halogens is 1. The summed E-state index contributed by atoms with van der Waals surface area (Å²) in [5.41, 5.74) is 8.79. The lowest BCUT2D eigenvalue weighted by Gasteiger charge is -2.17. The summed E-state index contributed by atoms with van der Waals surface area (Å²) in [6.07, 6.45) is 1.34. The molecule has 1 atom stereocenters. The van der Waals surface area contributed by atoms with Crippen LogP contribution in [0.3, 0.4) is 0 Å². The standard InChI is InChI=1S/C19H21FN2O.C2H2O4/c20-18-6-4-16(5-7-18)17-8-9-22(13-17)19(23)11-14-2-1-3-15(10-14)12-21;3-1(4)2(5)6/h1-7,10,17H,8-9,11-13,21H2;(H,3,4)(H,5,6). The van der Waals surface area contributed by atoms with Gasteiger partial charge in [0, 0.05) is 25.6 Å². The molecule has 1 unspecified atom stereocenters. The molecule has 0 aliphatic carbocycles. The van der Waals surface area contributed by atoms with Crippen LogP contribution in [-0.4, -0.2) is 46.0 Å². The summed E-state index contributed by atoms with van der Waals surface area (Å²) in [6, 6.07) is 14.5. The van der Waals surface area contributed by atoms with E-state index in [4.69, 9.17) is 25.5 Å². The van der Waals surface area contributed by atoms with Crippen molar-refractivity contribution >= 4 is 17.8 Å². The normalized spacial score (nSPS) is 15.4. The van der Waals surface area contributed by atoms with E-state index in [0.717, 1.165) is 29.7 Å². The van der Waals surface area contributed by atoms with Gasteiger partial charge in [0.15, 0.2) is 0 Å². The number of carboxylic acids is 2. The van der Waals surface area contributed by atoms with Crippen LogP contribution in [0, 0.1) is 5.82 Å². The first-order valence-electron chi connectivity index (χ1n) is 9.07. The number of hydrogen-bond donors (Lipinski definition) is 3. The SMILES string of the molecule is NCc1cccc(CC(=O)N2CCC(c3ccc(F)cc3)C2)c1.O=C(O)C(=O)O. The minimum absolute atomic E-state index is 0.142. The topological polar surface area (TPSA) is 121 Å². The van der Waals surface area contributed by atoms with Crippen LogP contribution in [0.5, 0.6) is 0 Å². The first-order chi connectivity index (χ1) is 13.8. The average Bonchev–Trinajstić information content (AvgIpc) is 3.19. The lowest BCUT2D eigenvalue weighted by molar-refractivity contribution is -0.159. The number of carboxylic acid groups (broad SMARTS) is 2. The lowest BCUT2D eigenvalue weighted by Crippen LogP contribution is -2.29. The predicted octanol–water partition coefficient (Wildman–Crippen LogP) is 2.00. The van der Waals surface area contributed by atoms with E-state index in [1.165, 1.54) is 12.1 Å². The van der Waals surface area contributed by atoms with Gasteiger partial charge in [0.25, 0.3) is 0 Å². The van der Waals surface area contributed by atoms with Gasteiger partial charge in [-0.1, -0.05) is 36.4 Å². The summed E-state index contributed by atoms with van der Waals surface area (Å²) in [6.45, 7) is 1.96. The molecule has 2 aromatic carbocycles. The summed E-state index contributed by atoms with van der Waals surface area (Å²) in [4.78, 5) is 32.6. The van der Waals surface area contributed by atoms with Crippen molar-refractivity contribution in [2.45, 2.75) is 25.3 Å². The highest BCUT2D eigenvalue weighted by Gasteiger charge is 2.27. The summed E-state index contributed by atoms with van der Waals surface area (Å²) in [5.74, 6) is -3.43. The Balaban J connectivity index is 0.000000438. The molecule has 1 fully saturated rings. The van der Waals surface area contributed by atoms with Crippen LogP contribution in [-0.2, 0) is 27.3 Å². The smallest absolute Gasteiger partial charge is 0.414 e. The lowest BCUT2D eigenvalue weighted by atomic mass is 9.98. The Morgan fingerprint density at radius 3 is 2.24 bits per heavy atom. The molecule has 8 heteroatoms. The van der Waals surface area contributed by atoms with E-state index in [0.29, 0.717) is 25.4 Å². The van der Waals surface area contributed by atoms with Crippen molar-refractivity contribution in [3.05, 3.63) is 71.0 Å². The van der Waals surface area contributed by atoms with E-state index < -0.39 is 11.9 Å². The van der Waals surface area contributed by atoms with Crippen LogP contribution in [0.25, 0.3) is 0 Å². The van der Waals surface area contributed by atoms with Crippen LogP contribution >= 0.6 is 0 Å². The van der Waals surface area contributed by atoms with Gasteiger partial charge in [-0.15, -0.1) is 0 Å². The highest BCUT2D eigenvalue weighted by atomic mass is 19.1. The third kappa shape index (κ3) is 6.69. The number of amides is 1. The van der Waals surface area contributed by atoms with Gasteiger partial charge < -0.3 is 20.8 Å². The second-order valence-corrected chi connectivity index (χ2v) is 6.69. The van der Waals surface area contributed by atoms with E-state index in [9.17, 15) is 9.18 Å². The predicted molar refractivity (Wildman–Crippen MR) is 104 cm³/mol. The largest absolute Gasteiger partial charge is 0.473 e. The maximum atomic E-state index is 13.0. The van der Waals surface area contributed by atoms with Gasteiger partial charge in [0.2, 0.25) is 5.91 Å². The van der Waals surface area contributed by atoms with Gasteiger partial charge in [-0.05, 0) is 35.2 Å². The van der Waals surface area contributed by atoms with Gasteiger partial charge in [-0.3, -0.25) is 4.79 Å². The van der Waals surface area contributed by atoms with Crippen molar-refractivity contribution in [2.75, 3.05) is 13.1 Å². The fraction of sp³-hybridized carbons (Fsp3) is 0.286. The second-order valence-electron chi connectivity index (χ2n) is 6.69. The monoisotopic (exact) mass is 402 g/mol. The number of carbonyl (C=O) groups excluding carboxylic acids is 1. The molecule has 0 radical (unpaired) electrons. The average molecular weight is 402 g/mol. The van der Waals surface area contributed by atoms with Gasteiger partial charge in [0.1, 0.15) is 5.82 Å². The van der Waals surface area contributed by atoms with E-state index in [1.54, 1.807) is 0 Å². The molecule has 0 aromatic heterocycles. The maximum Gasteiger partial charge on any atom is 0.414 e. The van der Waals surface area contributed by atoms with Crippen molar-refractivity contribution in [3.8, 4) is 0 Å². The fourth-order valence-electron chi connectivity index (χ4n) is 3.15. The quantitative estimate of drug-likeness (QED) is 0.673. The van der Waals surface area contributed by atoms with E-state index in [2.05, 4.69) is 0 Å². The molecule has 29 heavy (non-hydrogen) atoms. The van der Waals surface area contributed by atoms with Gasteiger partial charge in [0.05, 0.1) is 6.42 Å². The number of carbonyl (C=O) groups is 3. The molecule has 1 aliphatic rings. The number of benzene rings is 2. The molecule has 1 amide bonds. The first kappa shape index (κ1) is 22.0. The summed E-state index contributed by atoms with van der Waals surface area (Å²) in [7, 11) is 0. The van der Waals surface area contributed by atoms with Crippen molar-refractivity contribution in [3.63, 3.8) is 0 Å². The zero-order valence-electron chi connectivity index (χ0n) is 15.8. The molecule has 1 heterocycles.